The molecule has 138 valence electrons. The van der Waals surface area contributed by atoms with Gasteiger partial charge in [-0.1, -0.05) is 12.1 Å². The van der Waals surface area contributed by atoms with E-state index in [1.165, 1.54) is 12.5 Å². The van der Waals surface area contributed by atoms with Gasteiger partial charge >= 0.3 is 0 Å². The molecule has 1 amide bonds. The van der Waals surface area contributed by atoms with Crippen LogP contribution in [0.25, 0.3) is 0 Å². The van der Waals surface area contributed by atoms with Gasteiger partial charge in [0, 0.05) is 57.4 Å². The topological polar surface area (TPSA) is 62.8 Å². The van der Waals surface area contributed by atoms with Gasteiger partial charge in [-0.25, -0.2) is 0 Å². The molecule has 2 aliphatic heterocycles. The third-order valence-electron chi connectivity index (χ3n) is 4.98. The van der Waals surface area contributed by atoms with Crippen LogP contribution in [-0.2, 0) is 20.8 Å². The molecule has 0 bridgehead atoms. The lowest BCUT2D eigenvalue weighted by Gasteiger charge is -2.37. The molecular weight excluding hydrogens is 318 g/mol. The lowest BCUT2D eigenvalue weighted by atomic mass is 9.96. The molecule has 6 heteroatoms. The summed E-state index contributed by atoms with van der Waals surface area (Å²) in [5, 5.41) is 6.41. The average Bonchev–Trinajstić information content (AvgIpc) is 3.15. The summed E-state index contributed by atoms with van der Waals surface area (Å²) in [5.74, 6) is 0.561. The Labute approximate surface area is 149 Å². The largest absolute Gasteiger partial charge is 0.381 e. The summed E-state index contributed by atoms with van der Waals surface area (Å²) in [6.45, 7) is 8.74. The zero-order valence-electron chi connectivity index (χ0n) is 15.0. The van der Waals surface area contributed by atoms with E-state index in [0.717, 1.165) is 64.7 Å². The number of morpholine rings is 1. The normalized spacial score (nSPS) is 22.7. The highest BCUT2D eigenvalue weighted by molar-refractivity contribution is 5.88. The first-order chi connectivity index (χ1) is 12.2. The molecule has 2 aliphatic rings. The van der Waals surface area contributed by atoms with Crippen LogP contribution >= 0.6 is 0 Å². The fourth-order valence-electron chi connectivity index (χ4n) is 3.63. The maximum Gasteiger partial charge on any atom is 0.221 e. The standard InChI is InChI=1S/C19H29N3O3/c1-15(23)21-18-4-2-16(3-5-18)12-20-13-19(17-6-9-25-14-17)22-7-10-24-11-8-22/h2-5,17,19-20H,6-14H2,1H3,(H,21,23)/t17-,19-/m0/s1. The second kappa shape index (κ2) is 9.29. The van der Waals surface area contributed by atoms with E-state index in [9.17, 15) is 4.79 Å². The smallest absolute Gasteiger partial charge is 0.221 e. The molecule has 2 heterocycles. The molecule has 0 saturated carbocycles. The van der Waals surface area contributed by atoms with Crippen LogP contribution in [0, 0.1) is 5.92 Å². The van der Waals surface area contributed by atoms with Gasteiger partial charge in [-0.2, -0.15) is 0 Å². The fraction of sp³-hybridized carbons (Fsp3) is 0.632. The molecule has 6 nitrogen and oxygen atoms in total. The van der Waals surface area contributed by atoms with Crippen LogP contribution in [0.5, 0.6) is 0 Å². The zero-order valence-corrected chi connectivity index (χ0v) is 15.0. The Morgan fingerprint density at radius 3 is 2.60 bits per heavy atom. The van der Waals surface area contributed by atoms with Crippen LogP contribution in [0.15, 0.2) is 24.3 Å². The quantitative estimate of drug-likeness (QED) is 0.782. The molecule has 1 aromatic carbocycles. The SMILES string of the molecule is CC(=O)Nc1ccc(CNC[C@@H]([C@H]2CCOC2)N2CCOCC2)cc1. The van der Waals surface area contributed by atoms with E-state index >= 15 is 0 Å². The van der Waals surface area contributed by atoms with Crippen LogP contribution in [0.4, 0.5) is 5.69 Å². The maximum absolute atomic E-state index is 11.1. The molecule has 2 saturated heterocycles. The molecule has 0 unspecified atom stereocenters. The van der Waals surface area contributed by atoms with Crippen molar-refractivity contribution in [2.24, 2.45) is 5.92 Å². The summed E-state index contributed by atoms with van der Waals surface area (Å²) in [6, 6.07) is 8.51. The lowest BCUT2D eigenvalue weighted by Crippen LogP contribution is -2.51. The third-order valence-corrected chi connectivity index (χ3v) is 4.98. The van der Waals surface area contributed by atoms with Crippen LogP contribution in [-0.4, -0.2) is 62.9 Å². The lowest BCUT2D eigenvalue weighted by molar-refractivity contribution is -0.114. The number of nitrogens with zero attached hydrogens (tertiary/aromatic N) is 1. The first kappa shape index (κ1) is 18.3. The minimum Gasteiger partial charge on any atom is -0.381 e. The summed E-state index contributed by atoms with van der Waals surface area (Å²) in [5.41, 5.74) is 2.06. The number of ether oxygens (including phenoxy) is 2. The van der Waals surface area contributed by atoms with Crippen molar-refractivity contribution in [2.75, 3.05) is 51.4 Å². The first-order valence-corrected chi connectivity index (χ1v) is 9.19. The number of amides is 1. The van der Waals surface area contributed by atoms with Crippen LogP contribution in [0.2, 0.25) is 0 Å². The van der Waals surface area contributed by atoms with Gasteiger partial charge in [-0.3, -0.25) is 9.69 Å². The van der Waals surface area contributed by atoms with Crippen LogP contribution in [0.1, 0.15) is 18.9 Å². The number of nitrogens with one attached hydrogen (secondary N) is 2. The number of anilines is 1. The predicted molar refractivity (Wildman–Crippen MR) is 97.6 cm³/mol. The Hall–Kier alpha value is -1.47. The first-order valence-electron chi connectivity index (χ1n) is 9.19. The monoisotopic (exact) mass is 347 g/mol. The van der Waals surface area contributed by atoms with Gasteiger partial charge in [0.1, 0.15) is 0 Å². The molecule has 25 heavy (non-hydrogen) atoms. The summed E-state index contributed by atoms with van der Waals surface area (Å²) in [6.07, 6.45) is 1.15. The van der Waals surface area contributed by atoms with Crippen LogP contribution < -0.4 is 10.6 Å². The number of benzene rings is 1. The van der Waals surface area contributed by atoms with E-state index in [1.807, 2.05) is 12.1 Å². The summed E-state index contributed by atoms with van der Waals surface area (Å²) >= 11 is 0. The Kier molecular flexibility index (Phi) is 6.81. The molecule has 3 rings (SSSR count). The van der Waals surface area contributed by atoms with E-state index in [1.54, 1.807) is 0 Å². The van der Waals surface area contributed by atoms with Gasteiger partial charge in [0.05, 0.1) is 19.8 Å². The molecule has 0 aromatic heterocycles. The Morgan fingerprint density at radius 2 is 1.96 bits per heavy atom. The zero-order chi connectivity index (χ0) is 17.5. The van der Waals surface area contributed by atoms with Gasteiger partial charge in [-0.05, 0) is 24.1 Å². The van der Waals surface area contributed by atoms with Crippen molar-refractivity contribution in [3.63, 3.8) is 0 Å². The van der Waals surface area contributed by atoms with Crippen molar-refractivity contribution >= 4 is 11.6 Å². The Balaban J connectivity index is 1.51. The Bertz CT molecular complexity index is 537. The highest BCUT2D eigenvalue weighted by Gasteiger charge is 2.31. The van der Waals surface area contributed by atoms with E-state index in [4.69, 9.17) is 9.47 Å². The highest BCUT2D eigenvalue weighted by Crippen LogP contribution is 2.22. The number of carbonyl (C=O) groups excluding carboxylic acids is 1. The van der Waals surface area contributed by atoms with Gasteiger partial charge in [-0.15, -0.1) is 0 Å². The van der Waals surface area contributed by atoms with E-state index in [-0.39, 0.29) is 5.91 Å². The van der Waals surface area contributed by atoms with E-state index in [2.05, 4.69) is 27.7 Å². The maximum atomic E-state index is 11.1. The van der Waals surface area contributed by atoms with Crippen molar-refractivity contribution in [1.29, 1.82) is 0 Å². The van der Waals surface area contributed by atoms with Gasteiger partial charge in [0.2, 0.25) is 5.91 Å². The van der Waals surface area contributed by atoms with Crippen molar-refractivity contribution in [2.45, 2.75) is 25.9 Å². The van der Waals surface area contributed by atoms with Crippen LogP contribution in [0.3, 0.4) is 0 Å². The van der Waals surface area contributed by atoms with Gasteiger partial charge in [0.15, 0.2) is 0 Å². The summed E-state index contributed by atoms with van der Waals surface area (Å²) in [4.78, 5) is 13.6. The molecule has 2 N–H and O–H groups in total. The predicted octanol–water partition coefficient (Wildman–Crippen LogP) is 1.47. The second-order valence-electron chi connectivity index (χ2n) is 6.85. The molecule has 0 aliphatic carbocycles. The molecule has 0 spiro atoms. The average molecular weight is 347 g/mol. The molecule has 0 radical (unpaired) electrons. The summed E-state index contributed by atoms with van der Waals surface area (Å²) < 4.78 is 11.1. The van der Waals surface area contributed by atoms with Crippen molar-refractivity contribution < 1.29 is 14.3 Å². The van der Waals surface area contributed by atoms with Crippen molar-refractivity contribution in [3.05, 3.63) is 29.8 Å². The van der Waals surface area contributed by atoms with Crippen molar-refractivity contribution in [3.8, 4) is 0 Å². The van der Waals surface area contributed by atoms with Gasteiger partial charge in [0.25, 0.3) is 0 Å². The molecular formula is C19H29N3O3. The molecule has 2 atom stereocenters. The molecule has 2 fully saturated rings. The fourth-order valence-corrected chi connectivity index (χ4v) is 3.63. The van der Waals surface area contributed by atoms with Gasteiger partial charge < -0.3 is 20.1 Å². The minimum atomic E-state index is -0.0435. The van der Waals surface area contributed by atoms with Crippen molar-refractivity contribution in [1.82, 2.24) is 10.2 Å². The molecule has 1 aromatic rings. The second-order valence-corrected chi connectivity index (χ2v) is 6.85. The summed E-state index contributed by atoms with van der Waals surface area (Å²) in [7, 11) is 0. The van der Waals surface area contributed by atoms with E-state index in [0.29, 0.717) is 12.0 Å². The minimum absolute atomic E-state index is 0.0435. The number of rotatable bonds is 7. The Morgan fingerprint density at radius 1 is 1.20 bits per heavy atom. The number of carbonyl (C=O) groups is 1. The van der Waals surface area contributed by atoms with E-state index < -0.39 is 0 Å². The number of hydrogen-bond donors (Lipinski definition) is 2. The third kappa shape index (κ3) is 5.51. The highest BCUT2D eigenvalue weighted by atomic mass is 16.5. The number of hydrogen-bond acceptors (Lipinski definition) is 5.